The lowest BCUT2D eigenvalue weighted by molar-refractivity contribution is -0.275. The molecule has 0 radical (unpaired) electrons. The van der Waals surface area contributed by atoms with Crippen LogP contribution in [0.2, 0.25) is 0 Å². The molecule has 0 amide bonds. The fraction of sp³-hybridized carbons (Fsp3) is 0.455. The van der Waals surface area contributed by atoms with Crippen LogP contribution >= 0.6 is 0 Å². The first-order valence-corrected chi connectivity index (χ1v) is 9.22. The molecular weight excluding hydrogens is 388 g/mol. The number of halogens is 4. The summed E-state index contributed by atoms with van der Waals surface area (Å²) in [5, 5.41) is 9.28. The molecule has 2 aromatic carbocycles. The molecule has 1 aliphatic carbocycles. The Hall–Kier alpha value is -2.12. The average Bonchev–Trinajstić information content (AvgIpc) is 2.64. The molecule has 0 spiro atoms. The molecule has 0 bridgehead atoms. The lowest BCUT2D eigenvalue weighted by Gasteiger charge is -2.27. The maximum absolute atomic E-state index is 14.7. The SMILES string of the molecule is C.CC1CCC(c2ccc(C(OO)c3ccc(OC(F)(F)F)cc3)c(F)c2)CC1.[HH]. The highest BCUT2D eigenvalue weighted by molar-refractivity contribution is 5.37. The lowest BCUT2D eigenvalue weighted by Crippen LogP contribution is -2.17. The van der Waals surface area contributed by atoms with Crippen LogP contribution in [0.4, 0.5) is 17.6 Å². The molecular formula is C22H28F4O3. The molecule has 1 aliphatic rings. The highest BCUT2D eigenvalue weighted by Gasteiger charge is 2.31. The highest BCUT2D eigenvalue weighted by Crippen LogP contribution is 2.37. The second-order valence-corrected chi connectivity index (χ2v) is 7.34. The van der Waals surface area contributed by atoms with Gasteiger partial charge in [-0.1, -0.05) is 51.5 Å². The third-order valence-corrected chi connectivity index (χ3v) is 5.32. The zero-order valence-electron chi connectivity index (χ0n) is 15.4. The topological polar surface area (TPSA) is 38.7 Å². The molecule has 29 heavy (non-hydrogen) atoms. The Morgan fingerprint density at radius 2 is 1.66 bits per heavy atom. The predicted molar refractivity (Wildman–Crippen MR) is 104 cm³/mol. The smallest absolute Gasteiger partial charge is 0.406 e. The molecule has 1 unspecified atom stereocenters. The van der Waals surface area contributed by atoms with E-state index in [-0.39, 0.29) is 14.4 Å². The van der Waals surface area contributed by atoms with E-state index in [1.165, 1.54) is 18.2 Å². The number of rotatable bonds is 5. The van der Waals surface area contributed by atoms with E-state index in [4.69, 9.17) is 0 Å². The van der Waals surface area contributed by atoms with Gasteiger partial charge in [0.05, 0.1) is 0 Å². The van der Waals surface area contributed by atoms with Crippen LogP contribution in [-0.4, -0.2) is 11.6 Å². The van der Waals surface area contributed by atoms with Gasteiger partial charge in [0.25, 0.3) is 0 Å². The number of hydrogen-bond acceptors (Lipinski definition) is 3. The minimum Gasteiger partial charge on any atom is -0.406 e. The number of alkyl halides is 3. The summed E-state index contributed by atoms with van der Waals surface area (Å²) in [7, 11) is 0. The predicted octanol–water partition coefficient (Wildman–Crippen LogP) is 7.48. The largest absolute Gasteiger partial charge is 0.573 e. The van der Waals surface area contributed by atoms with Gasteiger partial charge in [0, 0.05) is 6.99 Å². The first kappa shape index (κ1) is 23.2. The quantitative estimate of drug-likeness (QED) is 0.312. The molecule has 1 atom stereocenters. The van der Waals surface area contributed by atoms with Crippen LogP contribution in [0.25, 0.3) is 0 Å². The fourth-order valence-electron chi connectivity index (χ4n) is 3.74. The summed E-state index contributed by atoms with van der Waals surface area (Å²) in [6.07, 6.45) is -1.69. The summed E-state index contributed by atoms with van der Waals surface area (Å²) in [5.74, 6) is 0.0740. The van der Waals surface area contributed by atoms with E-state index in [0.717, 1.165) is 43.4 Å². The molecule has 0 heterocycles. The van der Waals surface area contributed by atoms with Crippen molar-refractivity contribution < 1.29 is 33.9 Å². The Bertz CT molecular complexity index is 788. The van der Waals surface area contributed by atoms with E-state index in [1.54, 1.807) is 6.07 Å². The van der Waals surface area contributed by atoms with Crippen LogP contribution in [0, 0.1) is 11.7 Å². The zero-order chi connectivity index (χ0) is 20.3. The van der Waals surface area contributed by atoms with Crippen molar-refractivity contribution in [3.05, 3.63) is 65.0 Å². The van der Waals surface area contributed by atoms with Gasteiger partial charge in [-0.15, -0.1) is 13.2 Å². The summed E-state index contributed by atoms with van der Waals surface area (Å²) < 4.78 is 55.3. The van der Waals surface area contributed by atoms with Crippen molar-refractivity contribution in [1.29, 1.82) is 0 Å². The minimum absolute atomic E-state index is 0. The first-order valence-electron chi connectivity index (χ1n) is 9.22. The van der Waals surface area contributed by atoms with Gasteiger partial charge in [-0.05, 0) is 54.0 Å². The van der Waals surface area contributed by atoms with E-state index >= 15 is 0 Å². The van der Waals surface area contributed by atoms with Gasteiger partial charge >= 0.3 is 6.36 Å². The molecule has 0 saturated heterocycles. The Morgan fingerprint density at radius 1 is 1.03 bits per heavy atom. The summed E-state index contributed by atoms with van der Waals surface area (Å²) in [6, 6.07) is 9.60. The van der Waals surface area contributed by atoms with E-state index in [9.17, 15) is 22.8 Å². The molecule has 162 valence electrons. The van der Waals surface area contributed by atoms with E-state index in [2.05, 4.69) is 16.5 Å². The van der Waals surface area contributed by atoms with Crippen LogP contribution < -0.4 is 4.74 Å². The Labute approximate surface area is 169 Å². The normalized spacial score (nSPS) is 20.6. The minimum atomic E-state index is -4.80. The Kier molecular flexibility index (Phi) is 7.66. The van der Waals surface area contributed by atoms with E-state index in [0.29, 0.717) is 17.4 Å². The lowest BCUT2D eigenvalue weighted by atomic mass is 9.79. The third-order valence-electron chi connectivity index (χ3n) is 5.32. The second kappa shape index (κ2) is 9.59. The van der Waals surface area contributed by atoms with Gasteiger partial charge in [0.1, 0.15) is 17.7 Å². The van der Waals surface area contributed by atoms with Crippen molar-refractivity contribution in [2.45, 2.75) is 58.4 Å². The standard InChI is InChI=1S/C21H22F4O3.CH4.H2/c1-13-2-4-14(5-3-13)16-8-11-18(19(22)12-16)20(28-26)15-6-9-17(10-7-15)27-21(23,24)25;;/h6-14,20,26H,2-5H2,1H3;1H4;1H. The Morgan fingerprint density at radius 3 is 2.17 bits per heavy atom. The van der Waals surface area contributed by atoms with Crippen molar-refractivity contribution >= 4 is 0 Å². The number of hydrogen-bond donors (Lipinski definition) is 1. The van der Waals surface area contributed by atoms with Crippen LogP contribution in [-0.2, 0) is 4.89 Å². The zero-order valence-corrected chi connectivity index (χ0v) is 15.4. The van der Waals surface area contributed by atoms with Crippen molar-refractivity contribution in [3.63, 3.8) is 0 Å². The fourth-order valence-corrected chi connectivity index (χ4v) is 3.74. The molecule has 0 aromatic heterocycles. The van der Waals surface area contributed by atoms with Gasteiger partial charge < -0.3 is 4.74 Å². The first-order chi connectivity index (χ1) is 13.3. The maximum atomic E-state index is 14.7. The van der Waals surface area contributed by atoms with Gasteiger partial charge in [0.2, 0.25) is 0 Å². The molecule has 1 N–H and O–H groups in total. The van der Waals surface area contributed by atoms with Crippen molar-refractivity contribution in [2.24, 2.45) is 5.92 Å². The second-order valence-electron chi connectivity index (χ2n) is 7.34. The molecule has 7 heteroatoms. The van der Waals surface area contributed by atoms with Crippen LogP contribution in [0.1, 0.15) is 70.2 Å². The van der Waals surface area contributed by atoms with Gasteiger partial charge in [-0.3, -0.25) is 5.26 Å². The van der Waals surface area contributed by atoms with Crippen molar-refractivity contribution in [2.75, 3.05) is 0 Å². The molecule has 1 fully saturated rings. The van der Waals surface area contributed by atoms with Crippen molar-refractivity contribution in [3.8, 4) is 5.75 Å². The number of ether oxygens (including phenoxy) is 1. The maximum Gasteiger partial charge on any atom is 0.573 e. The average molecular weight is 416 g/mol. The molecule has 3 rings (SSSR count). The van der Waals surface area contributed by atoms with E-state index < -0.39 is 24.0 Å². The van der Waals surface area contributed by atoms with Gasteiger partial charge in [-0.25, -0.2) is 9.28 Å². The molecule has 3 nitrogen and oxygen atoms in total. The highest BCUT2D eigenvalue weighted by atomic mass is 19.4. The van der Waals surface area contributed by atoms with Crippen LogP contribution in [0.3, 0.4) is 0 Å². The summed E-state index contributed by atoms with van der Waals surface area (Å²) in [6.45, 7) is 2.22. The van der Waals surface area contributed by atoms with Crippen molar-refractivity contribution in [1.82, 2.24) is 0 Å². The van der Waals surface area contributed by atoms with Gasteiger partial charge in [0.15, 0.2) is 0 Å². The summed E-state index contributed by atoms with van der Waals surface area (Å²) in [4.78, 5) is 4.44. The van der Waals surface area contributed by atoms with E-state index in [1.807, 2.05) is 6.07 Å². The van der Waals surface area contributed by atoms with Crippen LogP contribution in [0.5, 0.6) is 5.75 Å². The number of benzene rings is 2. The van der Waals surface area contributed by atoms with Gasteiger partial charge in [-0.2, -0.15) is 0 Å². The molecule has 2 aromatic rings. The Balaban J connectivity index is 0.00000225. The molecule has 1 saturated carbocycles. The van der Waals surface area contributed by atoms with Crippen LogP contribution in [0.15, 0.2) is 42.5 Å². The molecule has 0 aliphatic heterocycles. The summed E-state index contributed by atoms with van der Waals surface area (Å²) in [5.41, 5.74) is 1.33. The monoisotopic (exact) mass is 416 g/mol. The third kappa shape index (κ3) is 5.93. The summed E-state index contributed by atoms with van der Waals surface area (Å²) >= 11 is 0.